The second-order valence-electron chi connectivity index (χ2n) is 7.63. The van der Waals surface area contributed by atoms with E-state index in [1.807, 2.05) is 53.6 Å². The lowest BCUT2D eigenvalue weighted by Crippen LogP contribution is -2.47. The number of likely N-dealkylation sites (tertiary alicyclic amines) is 1. The molecule has 7 heteroatoms. The molecule has 4 rings (SSSR count). The molecule has 2 aliphatic heterocycles. The van der Waals surface area contributed by atoms with Crippen molar-refractivity contribution >= 4 is 39.2 Å². The number of ether oxygens (including phenoxy) is 1. The zero-order chi connectivity index (χ0) is 21.8. The summed E-state index contributed by atoms with van der Waals surface area (Å²) in [5.74, 6) is -0.140. The number of rotatable bonds is 5. The molecule has 2 amide bonds. The number of alkyl carbamates (subject to hydrolysis) is 1. The van der Waals surface area contributed by atoms with Gasteiger partial charge in [-0.25, -0.2) is 4.79 Å². The standard InChI is InChI=1S/C24H24BrN3O3/c1-31-24(30)27-22(17-6-3-2-4-7-17)23(29)28-13-5-8-21(28)20-14-18(15-26-20)16-9-11-19(25)12-10-16/h2-4,6-7,9-12,15,21-22H,5,8,13-14H2,1H3,(H,27,30)/t21-,22+/m0/s1. The van der Waals surface area contributed by atoms with Gasteiger partial charge in [0.1, 0.15) is 6.04 Å². The molecule has 2 aromatic rings. The van der Waals surface area contributed by atoms with Gasteiger partial charge >= 0.3 is 6.09 Å². The first-order valence-corrected chi connectivity index (χ1v) is 11.1. The average molecular weight is 482 g/mol. The largest absolute Gasteiger partial charge is 0.453 e. The van der Waals surface area contributed by atoms with Gasteiger partial charge in [0.25, 0.3) is 0 Å². The van der Waals surface area contributed by atoms with E-state index >= 15 is 0 Å². The Balaban J connectivity index is 1.51. The van der Waals surface area contributed by atoms with Crippen LogP contribution in [0.15, 0.2) is 70.3 Å². The molecule has 0 spiro atoms. The fourth-order valence-corrected chi connectivity index (χ4v) is 4.41. The van der Waals surface area contributed by atoms with Crippen LogP contribution in [-0.2, 0) is 9.53 Å². The number of benzene rings is 2. The van der Waals surface area contributed by atoms with Gasteiger partial charge in [0.15, 0.2) is 0 Å². The minimum Gasteiger partial charge on any atom is -0.453 e. The van der Waals surface area contributed by atoms with Gasteiger partial charge in [0, 0.05) is 29.3 Å². The maximum absolute atomic E-state index is 13.5. The average Bonchev–Trinajstić information content (AvgIpc) is 3.47. The van der Waals surface area contributed by atoms with Crippen molar-refractivity contribution in [3.05, 3.63) is 76.4 Å². The van der Waals surface area contributed by atoms with Gasteiger partial charge in [0.2, 0.25) is 5.91 Å². The van der Waals surface area contributed by atoms with E-state index in [1.54, 1.807) is 0 Å². The zero-order valence-corrected chi connectivity index (χ0v) is 18.8. The third-order valence-electron chi connectivity index (χ3n) is 5.72. The van der Waals surface area contributed by atoms with Gasteiger partial charge in [-0.2, -0.15) is 0 Å². The first-order chi connectivity index (χ1) is 15.1. The number of nitrogens with zero attached hydrogens (tertiary/aromatic N) is 2. The number of methoxy groups -OCH3 is 1. The molecule has 0 saturated carbocycles. The van der Waals surface area contributed by atoms with Gasteiger partial charge in [0.05, 0.1) is 13.2 Å². The Morgan fingerprint density at radius 3 is 2.61 bits per heavy atom. The Labute approximate surface area is 190 Å². The van der Waals surface area contributed by atoms with Crippen LogP contribution >= 0.6 is 15.9 Å². The Kier molecular flexibility index (Phi) is 6.51. The van der Waals surface area contributed by atoms with Crippen LogP contribution in [0.5, 0.6) is 0 Å². The smallest absolute Gasteiger partial charge is 0.407 e. The quantitative estimate of drug-likeness (QED) is 0.671. The maximum atomic E-state index is 13.5. The molecule has 2 aliphatic rings. The molecule has 0 radical (unpaired) electrons. The van der Waals surface area contributed by atoms with Gasteiger partial charge in [-0.15, -0.1) is 0 Å². The second kappa shape index (κ2) is 9.47. The van der Waals surface area contributed by atoms with E-state index in [0.717, 1.165) is 46.1 Å². The highest BCUT2D eigenvalue weighted by Crippen LogP contribution is 2.31. The van der Waals surface area contributed by atoms with Crippen LogP contribution in [0.25, 0.3) is 5.57 Å². The molecule has 2 atom stereocenters. The topological polar surface area (TPSA) is 71.0 Å². The van der Waals surface area contributed by atoms with Crippen LogP contribution < -0.4 is 5.32 Å². The fraction of sp³-hybridized carbons (Fsp3) is 0.292. The van der Waals surface area contributed by atoms with Gasteiger partial charge in [-0.05, 0) is 41.7 Å². The van der Waals surface area contributed by atoms with E-state index in [-0.39, 0.29) is 11.9 Å². The van der Waals surface area contributed by atoms with Crippen molar-refractivity contribution in [2.24, 2.45) is 4.99 Å². The summed E-state index contributed by atoms with van der Waals surface area (Å²) in [4.78, 5) is 32.0. The Morgan fingerprint density at radius 2 is 1.90 bits per heavy atom. The fourth-order valence-electron chi connectivity index (χ4n) is 4.14. The number of nitrogens with one attached hydrogen (secondary N) is 1. The van der Waals surface area contributed by atoms with Crippen molar-refractivity contribution in [3.63, 3.8) is 0 Å². The number of aliphatic imine (C=N–C) groups is 1. The van der Waals surface area contributed by atoms with Crippen LogP contribution in [0.2, 0.25) is 0 Å². The molecule has 1 saturated heterocycles. The number of hydrogen-bond acceptors (Lipinski definition) is 4. The Morgan fingerprint density at radius 1 is 1.16 bits per heavy atom. The van der Waals surface area contributed by atoms with Crippen molar-refractivity contribution in [3.8, 4) is 0 Å². The van der Waals surface area contributed by atoms with E-state index in [9.17, 15) is 9.59 Å². The summed E-state index contributed by atoms with van der Waals surface area (Å²) in [7, 11) is 1.29. The van der Waals surface area contributed by atoms with Gasteiger partial charge in [-0.1, -0.05) is 58.4 Å². The predicted octanol–water partition coefficient (Wildman–Crippen LogP) is 4.72. The van der Waals surface area contributed by atoms with Crippen LogP contribution in [0.4, 0.5) is 4.79 Å². The minimum absolute atomic E-state index is 0.0673. The molecule has 2 aromatic carbocycles. The molecule has 160 valence electrons. The summed E-state index contributed by atoms with van der Waals surface area (Å²) in [6.07, 6.45) is 3.77. The second-order valence-corrected chi connectivity index (χ2v) is 8.54. The molecule has 1 N–H and O–H groups in total. The summed E-state index contributed by atoms with van der Waals surface area (Å²) >= 11 is 3.47. The van der Waals surface area contributed by atoms with Crippen molar-refractivity contribution < 1.29 is 14.3 Å². The lowest BCUT2D eigenvalue weighted by Gasteiger charge is -2.29. The first-order valence-electron chi connectivity index (χ1n) is 10.3. The van der Waals surface area contributed by atoms with Gasteiger partial charge < -0.3 is 15.0 Å². The van der Waals surface area contributed by atoms with Gasteiger partial charge in [-0.3, -0.25) is 9.79 Å². The summed E-state index contributed by atoms with van der Waals surface area (Å²) in [5, 5.41) is 2.70. The van der Waals surface area contributed by atoms with Crippen LogP contribution in [0, 0.1) is 0 Å². The molecular formula is C24H24BrN3O3. The van der Waals surface area contributed by atoms with Crippen molar-refractivity contribution in [2.75, 3.05) is 13.7 Å². The number of halogens is 1. The lowest BCUT2D eigenvalue weighted by molar-refractivity contribution is -0.133. The first kappa shape index (κ1) is 21.3. The maximum Gasteiger partial charge on any atom is 0.407 e. The lowest BCUT2D eigenvalue weighted by atomic mass is 9.98. The van der Waals surface area contributed by atoms with Crippen LogP contribution in [0.3, 0.4) is 0 Å². The highest BCUT2D eigenvalue weighted by Gasteiger charge is 2.38. The number of carbonyl (C=O) groups excluding carboxylic acids is 2. The minimum atomic E-state index is -0.796. The molecule has 31 heavy (non-hydrogen) atoms. The highest BCUT2D eigenvalue weighted by molar-refractivity contribution is 9.10. The van der Waals surface area contributed by atoms with Crippen molar-refractivity contribution in [2.45, 2.75) is 31.3 Å². The third-order valence-corrected chi connectivity index (χ3v) is 6.25. The summed E-state index contributed by atoms with van der Waals surface area (Å²) < 4.78 is 5.79. The Bertz CT molecular complexity index is 1020. The molecule has 1 fully saturated rings. The summed E-state index contributed by atoms with van der Waals surface area (Å²) in [6.45, 7) is 0.641. The SMILES string of the molecule is COC(=O)N[C@@H](C(=O)N1CCC[C@H]1C1=NC=C(c2ccc(Br)cc2)C1)c1ccccc1. The zero-order valence-electron chi connectivity index (χ0n) is 17.3. The van der Waals surface area contributed by atoms with E-state index in [4.69, 9.17) is 4.74 Å². The monoisotopic (exact) mass is 481 g/mol. The molecule has 0 bridgehead atoms. The molecule has 0 aromatic heterocycles. The Hall–Kier alpha value is -2.93. The molecule has 0 unspecified atom stereocenters. The number of allylic oxidation sites excluding steroid dienone is 1. The number of amides is 2. The van der Waals surface area contributed by atoms with Crippen LogP contribution in [-0.4, -0.2) is 42.3 Å². The van der Waals surface area contributed by atoms with E-state index < -0.39 is 12.1 Å². The number of hydrogen-bond donors (Lipinski definition) is 1. The summed E-state index contributed by atoms with van der Waals surface area (Å²) in [6, 6.07) is 16.6. The predicted molar refractivity (Wildman–Crippen MR) is 124 cm³/mol. The third kappa shape index (κ3) is 4.71. The summed E-state index contributed by atoms with van der Waals surface area (Å²) in [5.41, 5.74) is 4.00. The molecule has 2 heterocycles. The van der Waals surface area contributed by atoms with E-state index in [2.05, 4.69) is 38.4 Å². The molecule has 6 nitrogen and oxygen atoms in total. The number of carbonyl (C=O) groups is 2. The normalized spacial score (nSPS) is 18.9. The molecule has 0 aliphatic carbocycles. The van der Waals surface area contributed by atoms with E-state index in [1.165, 1.54) is 7.11 Å². The van der Waals surface area contributed by atoms with E-state index in [0.29, 0.717) is 6.54 Å². The van der Waals surface area contributed by atoms with Crippen molar-refractivity contribution in [1.82, 2.24) is 10.2 Å². The van der Waals surface area contributed by atoms with Crippen LogP contribution in [0.1, 0.15) is 36.4 Å². The highest BCUT2D eigenvalue weighted by atomic mass is 79.9. The van der Waals surface area contributed by atoms with Crippen molar-refractivity contribution in [1.29, 1.82) is 0 Å². The molecular weight excluding hydrogens is 458 g/mol.